The number of hydrogen-bond donors (Lipinski definition) is 2. The van der Waals surface area contributed by atoms with Crippen molar-refractivity contribution in [2.75, 3.05) is 24.3 Å². The van der Waals surface area contributed by atoms with Gasteiger partial charge in [0.05, 0.1) is 25.0 Å². The van der Waals surface area contributed by atoms with Crippen LogP contribution in [0, 0.1) is 12.7 Å². The number of ether oxygens (including phenoxy) is 1. The first kappa shape index (κ1) is 14.8. The van der Waals surface area contributed by atoms with Gasteiger partial charge in [-0.25, -0.2) is 4.39 Å². The van der Waals surface area contributed by atoms with Gasteiger partial charge in [0.15, 0.2) is 0 Å². The molecular formula is C16H17FN2O2. The lowest BCUT2D eigenvalue weighted by Crippen LogP contribution is -2.22. The average Bonchev–Trinajstić information content (AvgIpc) is 2.48. The molecule has 0 aliphatic carbocycles. The molecule has 2 aromatic carbocycles. The Kier molecular flexibility index (Phi) is 4.77. The van der Waals surface area contributed by atoms with Crippen LogP contribution < -0.4 is 15.4 Å². The van der Waals surface area contributed by atoms with Crippen LogP contribution in [-0.2, 0) is 4.79 Å². The molecule has 0 spiro atoms. The lowest BCUT2D eigenvalue weighted by Gasteiger charge is -2.12. The largest absolute Gasteiger partial charge is 0.495 e. The predicted octanol–water partition coefficient (Wildman–Crippen LogP) is 3.19. The van der Waals surface area contributed by atoms with Gasteiger partial charge in [0, 0.05) is 0 Å². The van der Waals surface area contributed by atoms with Gasteiger partial charge < -0.3 is 15.4 Å². The first-order valence-corrected chi connectivity index (χ1v) is 6.53. The van der Waals surface area contributed by atoms with E-state index in [9.17, 15) is 9.18 Å². The van der Waals surface area contributed by atoms with Crippen molar-refractivity contribution in [2.24, 2.45) is 0 Å². The van der Waals surface area contributed by atoms with E-state index >= 15 is 0 Å². The van der Waals surface area contributed by atoms with E-state index < -0.39 is 5.82 Å². The molecule has 0 unspecified atom stereocenters. The fourth-order valence-corrected chi connectivity index (χ4v) is 1.89. The minimum atomic E-state index is -0.459. The van der Waals surface area contributed by atoms with Crippen LogP contribution >= 0.6 is 0 Å². The normalized spacial score (nSPS) is 10.0. The number of carbonyl (C=O) groups excluding carboxylic acids is 1. The number of anilines is 2. The van der Waals surface area contributed by atoms with Crippen LogP contribution in [0.2, 0.25) is 0 Å². The Morgan fingerprint density at radius 2 is 1.95 bits per heavy atom. The van der Waals surface area contributed by atoms with Gasteiger partial charge in [-0.1, -0.05) is 18.2 Å². The molecule has 0 bridgehead atoms. The molecular weight excluding hydrogens is 271 g/mol. The van der Waals surface area contributed by atoms with Gasteiger partial charge in [-0.15, -0.1) is 0 Å². The number of aryl methyl sites for hydroxylation is 1. The molecule has 4 nitrogen and oxygen atoms in total. The number of rotatable bonds is 5. The summed E-state index contributed by atoms with van der Waals surface area (Å²) in [4.78, 5) is 11.8. The van der Waals surface area contributed by atoms with Crippen molar-refractivity contribution in [2.45, 2.75) is 6.92 Å². The van der Waals surface area contributed by atoms with E-state index in [4.69, 9.17) is 4.74 Å². The molecule has 0 radical (unpaired) electrons. The third-order valence-electron chi connectivity index (χ3n) is 2.94. The summed E-state index contributed by atoms with van der Waals surface area (Å²) in [5.41, 5.74) is 1.94. The van der Waals surface area contributed by atoms with E-state index in [-0.39, 0.29) is 18.1 Å². The fraction of sp³-hybridized carbons (Fsp3) is 0.188. The van der Waals surface area contributed by atoms with Crippen LogP contribution in [0.4, 0.5) is 15.8 Å². The lowest BCUT2D eigenvalue weighted by molar-refractivity contribution is -0.114. The minimum absolute atomic E-state index is 0.0220. The van der Waals surface area contributed by atoms with E-state index in [0.717, 1.165) is 11.3 Å². The number of halogens is 1. The molecule has 5 heteroatoms. The van der Waals surface area contributed by atoms with Crippen LogP contribution in [0.15, 0.2) is 42.5 Å². The highest BCUT2D eigenvalue weighted by molar-refractivity contribution is 5.94. The smallest absolute Gasteiger partial charge is 0.243 e. The van der Waals surface area contributed by atoms with Crippen LogP contribution in [0.1, 0.15) is 5.56 Å². The second-order valence-corrected chi connectivity index (χ2v) is 4.59. The highest BCUT2D eigenvalue weighted by Crippen LogP contribution is 2.24. The summed E-state index contributed by atoms with van der Waals surface area (Å²) >= 11 is 0. The molecule has 0 saturated carbocycles. The zero-order chi connectivity index (χ0) is 15.2. The van der Waals surface area contributed by atoms with Crippen molar-refractivity contribution in [3.63, 3.8) is 0 Å². The molecule has 0 aromatic heterocycles. The Bertz CT molecular complexity index is 644. The molecule has 2 N–H and O–H groups in total. The average molecular weight is 288 g/mol. The summed E-state index contributed by atoms with van der Waals surface area (Å²) in [6, 6.07) is 11.7. The molecule has 0 heterocycles. The number of benzene rings is 2. The topological polar surface area (TPSA) is 50.4 Å². The number of carbonyl (C=O) groups is 1. The number of para-hydroxylation sites is 1. The van der Waals surface area contributed by atoms with Crippen LogP contribution in [-0.4, -0.2) is 19.6 Å². The van der Waals surface area contributed by atoms with Crippen LogP contribution in [0.25, 0.3) is 0 Å². The zero-order valence-corrected chi connectivity index (χ0v) is 11.9. The maximum Gasteiger partial charge on any atom is 0.243 e. The molecule has 0 saturated heterocycles. The highest BCUT2D eigenvalue weighted by atomic mass is 19.1. The maximum atomic E-state index is 13.4. The number of nitrogens with one attached hydrogen (secondary N) is 2. The first-order valence-electron chi connectivity index (χ1n) is 6.53. The molecule has 0 fully saturated rings. The summed E-state index contributed by atoms with van der Waals surface area (Å²) in [5.74, 6) is -0.137. The predicted molar refractivity (Wildman–Crippen MR) is 81.3 cm³/mol. The van der Waals surface area contributed by atoms with Gasteiger partial charge in [-0.05, 0) is 36.8 Å². The standard InChI is InChI=1S/C16H17FN2O2/c1-11-7-8-15(21-2)14(9-11)18-10-16(20)19-13-6-4-3-5-12(13)17/h3-9,18H,10H2,1-2H3,(H,19,20). The highest BCUT2D eigenvalue weighted by Gasteiger charge is 2.08. The third-order valence-corrected chi connectivity index (χ3v) is 2.94. The molecule has 2 rings (SSSR count). The molecule has 1 amide bonds. The summed E-state index contributed by atoms with van der Waals surface area (Å²) in [7, 11) is 1.56. The fourth-order valence-electron chi connectivity index (χ4n) is 1.89. The van der Waals surface area contributed by atoms with Gasteiger partial charge in [-0.3, -0.25) is 4.79 Å². The summed E-state index contributed by atoms with van der Waals surface area (Å²) in [6.45, 7) is 1.97. The number of methoxy groups -OCH3 is 1. The Morgan fingerprint density at radius 1 is 1.19 bits per heavy atom. The van der Waals surface area contributed by atoms with Crippen LogP contribution in [0.3, 0.4) is 0 Å². The number of amides is 1. The molecule has 21 heavy (non-hydrogen) atoms. The van der Waals surface area contributed by atoms with Crippen molar-refractivity contribution >= 4 is 17.3 Å². The Hall–Kier alpha value is -2.56. The van der Waals surface area contributed by atoms with E-state index in [2.05, 4.69) is 10.6 Å². The molecule has 0 aliphatic rings. The van der Waals surface area contributed by atoms with Crippen molar-refractivity contribution in [3.05, 3.63) is 53.8 Å². The van der Waals surface area contributed by atoms with E-state index in [1.165, 1.54) is 12.1 Å². The monoisotopic (exact) mass is 288 g/mol. The SMILES string of the molecule is COc1ccc(C)cc1NCC(=O)Nc1ccccc1F. The molecule has 110 valence electrons. The van der Waals surface area contributed by atoms with Crippen molar-refractivity contribution in [3.8, 4) is 5.75 Å². The van der Waals surface area contributed by atoms with Gasteiger partial charge >= 0.3 is 0 Å². The lowest BCUT2D eigenvalue weighted by atomic mass is 10.2. The maximum absolute atomic E-state index is 13.4. The van der Waals surface area contributed by atoms with Crippen LogP contribution in [0.5, 0.6) is 5.75 Å². The second kappa shape index (κ2) is 6.74. The van der Waals surface area contributed by atoms with Crippen molar-refractivity contribution < 1.29 is 13.9 Å². The summed E-state index contributed by atoms with van der Waals surface area (Å²) < 4.78 is 18.6. The molecule has 0 aliphatic heterocycles. The molecule has 2 aromatic rings. The van der Waals surface area contributed by atoms with Gasteiger partial charge in [0.25, 0.3) is 0 Å². The van der Waals surface area contributed by atoms with Gasteiger partial charge in [0.2, 0.25) is 5.91 Å². The van der Waals surface area contributed by atoms with E-state index in [1.54, 1.807) is 19.2 Å². The molecule has 0 atom stereocenters. The quantitative estimate of drug-likeness (QED) is 0.888. The summed E-state index contributed by atoms with van der Waals surface area (Å²) in [5, 5.41) is 5.50. The van der Waals surface area contributed by atoms with Gasteiger partial charge in [0.1, 0.15) is 11.6 Å². The van der Waals surface area contributed by atoms with Crippen molar-refractivity contribution in [1.29, 1.82) is 0 Å². The number of hydrogen-bond acceptors (Lipinski definition) is 3. The second-order valence-electron chi connectivity index (χ2n) is 4.59. The van der Waals surface area contributed by atoms with Crippen molar-refractivity contribution in [1.82, 2.24) is 0 Å². The Morgan fingerprint density at radius 3 is 2.67 bits per heavy atom. The Balaban J connectivity index is 1.98. The van der Waals surface area contributed by atoms with Gasteiger partial charge in [-0.2, -0.15) is 0 Å². The minimum Gasteiger partial charge on any atom is -0.495 e. The third kappa shape index (κ3) is 3.95. The van der Waals surface area contributed by atoms with E-state index in [0.29, 0.717) is 5.75 Å². The van der Waals surface area contributed by atoms with E-state index in [1.807, 2.05) is 25.1 Å². The zero-order valence-electron chi connectivity index (χ0n) is 11.9. The first-order chi connectivity index (χ1) is 10.1. The summed E-state index contributed by atoms with van der Waals surface area (Å²) in [6.07, 6.45) is 0. The Labute approximate surface area is 122 Å².